The van der Waals surface area contributed by atoms with Crippen LogP contribution < -0.4 is 0 Å². The number of rotatable bonds is 4. The average molecular weight is 547 g/mol. The van der Waals surface area contributed by atoms with Crippen LogP contribution in [0.4, 0.5) is 8.78 Å². The maximum Gasteiger partial charge on any atom is 0.188 e. The first-order chi connectivity index (χ1) is 20.0. The number of aryl methyl sites for hydroxylation is 3. The highest BCUT2D eigenvalue weighted by atomic mass is 19.2. The number of fused-ring (bicyclic) bond motifs is 2. The first kappa shape index (κ1) is 27.1. The van der Waals surface area contributed by atoms with Crippen LogP contribution in [0.2, 0.25) is 0 Å². The van der Waals surface area contributed by atoms with Crippen molar-refractivity contribution in [3.8, 4) is 23.7 Å². The van der Waals surface area contributed by atoms with Gasteiger partial charge < -0.3 is 0 Å². The van der Waals surface area contributed by atoms with Gasteiger partial charge in [-0.05, 0) is 67.3 Å². The van der Waals surface area contributed by atoms with Gasteiger partial charge in [0, 0.05) is 24.7 Å². The molecule has 41 heavy (non-hydrogen) atoms. The third kappa shape index (κ3) is 7.34. The number of pyridine rings is 2. The SMILES string of the molecule is Cc1cccc(C#CCCn2nc3ccccc3n2)n1.Fc1ccc2nn(CCC#Cc3ccccn3)nc2c1F. The minimum Gasteiger partial charge on any atom is -0.248 e. The molecule has 4 heterocycles. The fourth-order valence-corrected chi connectivity index (χ4v) is 3.74. The van der Waals surface area contributed by atoms with E-state index in [9.17, 15) is 8.78 Å². The van der Waals surface area contributed by atoms with Crippen LogP contribution in [0.1, 0.15) is 29.9 Å². The molecule has 8 nitrogen and oxygen atoms in total. The molecule has 0 amide bonds. The van der Waals surface area contributed by atoms with Crippen LogP contribution in [0.25, 0.3) is 22.1 Å². The summed E-state index contributed by atoms with van der Waals surface area (Å²) in [5.41, 5.74) is 4.57. The fourth-order valence-electron chi connectivity index (χ4n) is 3.74. The lowest BCUT2D eigenvalue weighted by atomic mass is 10.3. The minimum atomic E-state index is -0.974. The van der Waals surface area contributed by atoms with Gasteiger partial charge in [0.05, 0.1) is 13.1 Å². The summed E-state index contributed by atoms with van der Waals surface area (Å²) in [6.45, 7) is 3.05. The zero-order valence-electron chi connectivity index (χ0n) is 22.2. The number of benzene rings is 2. The van der Waals surface area contributed by atoms with Gasteiger partial charge in [-0.2, -0.15) is 30.0 Å². The highest BCUT2D eigenvalue weighted by Crippen LogP contribution is 2.16. The predicted octanol–water partition coefficient (Wildman–Crippen LogP) is 5.12. The number of hydrogen-bond donors (Lipinski definition) is 0. The number of aromatic nitrogens is 8. The summed E-state index contributed by atoms with van der Waals surface area (Å²) < 4.78 is 26.6. The molecule has 0 aliphatic heterocycles. The second kappa shape index (κ2) is 13.0. The van der Waals surface area contributed by atoms with E-state index >= 15 is 0 Å². The molecule has 0 spiro atoms. The summed E-state index contributed by atoms with van der Waals surface area (Å²) in [5.74, 6) is 10.1. The zero-order chi connectivity index (χ0) is 28.4. The van der Waals surface area contributed by atoms with Gasteiger partial charge in [0.15, 0.2) is 17.2 Å². The van der Waals surface area contributed by atoms with Crippen LogP contribution in [-0.4, -0.2) is 40.0 Å². The van der Waals surface area contributed by atoms with E-state index in [1.54, 1.807) is 11.0 Å². The van der Waals surface area contributed by atoms with Crippen LogP contribution in [-0.2, 0) is 13.1 Å². The molecule has 202 valence electrons. The Morgan fingerprint density at radius 2 is 1.29 bits per heavy atom. The Kier molecular flexibility index (Phi) is 8.63. The Balaban J connectivity index is 0.000000165. The smallest absolute Gasteiger partial charge is 0.188 e. The van der Waals surface area contributed by atoms with E-state index in [2.05, 4.69) is 54.0 Å². The normalized spacial score (nSPS) is 10.3. The summed E-state index contributed by atoms with van der Waals surface area (Å²) in [6, 6.07) is 21.6. The Morgan fingerprint density at radius 1 is 0.659 bits per heavy atom. The Hall–Kier alpha value is -5.48. The maximum absolute atomic E-state index is 13.5. The molecule has 6 rings (SSSR count). The molecule has 0 atom stereocenters. The molecule has 0 bridgehead atoms. The van der Waals surface area contributed by atoms with Gasteiger partial charge in [0.2, 0.25) is 0 Å². The van der Waals surface area contributed by atoms with Crippen molar-refractivity contribution in [1.29, 1.82) is 0 Å². The van der Waals surface area contributed by atoms with Crippen LogP contribution in [0.15, 0.2) is 79.0 Å². The van der Waals surface area contributed by atoms with Gasteiger partial charge in [0.1, 0.15) is 27.9 Å². The molecule has 0 saturated heterocycles. The van der Waals surface area contributed by atoms with Crippen molar-refractivity contribution < 1.29 is 8.78 Å². The number of nitrogens with zero attached hydrogens (tertiary/aromatic N) is 8. The topological polar surface area (TPSA) is 87.2 Å². The third-order valence-electron chi connectivity index (χ3n) is 5.67. The molecule has 6 aromatic rings. The summed E-state index contributed by atoms with van der Waals surface area (Å²) >= 11 is 0. The molecule has 0 saturated carbocycles. The van der Waals surface area contributed by atoms with Gasteiger partial charge in [-0.1, -0.05) is 36.1 Å². The van der Waals surface area contributed by atoms with Crippen molar-refractivity contribution >= 4 is 22.1 Å². The second-order valence-electron chi connectivity index (χ2n) is 8.79. The molecular weight excluding hydrogens is 522 g/mol. The largest absolute Gasteiger partial charge is 0.248 e. The lowest BCUT2D eigenvalue weighted by molar-refractivity contribution is 0.511. The Bertz CT molecular complexity index is 1870. The van der Waals surface area contributed by atoms with Crippen molar-refractivity contribution in [3.05, 3.63) is 108 Å². The average Bonchev–Trinajstić information content (AvgIpc) is 3.61. The quantitative estimate of drug-likeness (QED) is 0.285. The van der Waals surface area contributed by atoms with Crippen molar-refractivity contribution in [2.75, 3.05) is 0 Å². The molecule has 0 fully saturated rings. The van der Waals surface area contributed by atoms with Gasteiger partial charge in [-0.15, -0.1) is 0 Å². The van der Waals surface area contributed by atoms with Gasteiger partial charge in [-0.3, -0.25) is 0 Å². The summed E-state index contributed by atoms with van der Waals surface area (Å²) in [6.07, 6.45) is 2.86. The van der Waals surface area contributed by atoms with E-state index in [1.807, 2.05) is 67.6 Å². The summed E-state index contributed by atoms with van der Waals surface area (Å²) in [4.78, 5) is 11.4. The van der Waals surface area contributed by atoms with E-state index in [0.29, 0.717) is 37.1 Å². The molecule has 0 aliphatic carbocycles. The standard InChI is InChI=1S/C16H14N4.C15H10F2N4/c1-13-7-6-9-14(17-13)8-4-5-12-20-18-15-10-2-3-11-16(15)19-20;16-12-7-8-13-15(14(12)17)20-21(19-13)10-4-2-6-11-5-1-3-9-18-11/h2-3,6-7,9-11H,5,12H2,1H3;1,3,5,7-9H,4,10H2. The van der Waals surface area contributed by atoms with Crippen molar-refractivity contribution in [2.24, 2.45) is 0 Å². The summed E-state index contributed by atoms with van der Waals surface area (Å²) in [5, 5.41) is 16.8. The minimum absolute atomic E-state index is 0.0623. The first-order valence-corrected chi connectivity index (χ1v) is 12.9. The van der Waals surface area contributed by atoms with E-state index in [0.717, 1.165) is 28.5 Å². The maximum atomic E-state index is 13.5. The summed E-state index contributed by atoms with van der Waals surface area (Å²) in [7, 11) is 0. The van der Waals surface area contributed by atoms with Crippen LogP contribution in [0, 0.1) is 42.2 Å². The molecule has 0 N–H and O–H groups in total. The molecule has 10 heteroatoms. The molecule has 4 aromatic heterocycles. The van der Waals surface area contributed by atoms with Gasteiger partial charge >= 0.3 is 0 Å². The fraction of sp³-hybridized carbons (Fsp3) is 0.161. The molecule has 0 radical (unpaired) electrons. The molecular formula is C31H24F2N8. The molecule has 2 aromatic carbocycles. The second-order valence-corrected chi connectivity index (χ2v) is 8.79. The lowest BCUT2D eigenvalue weighted by Crippen LogP contribution is -2.01. The van der Waals surface area contributed by atoms with Crippen LogP contribution in [0.5, 0.6) is 0 Å². The number of hydrogen-bond acceptors (Lipinski definition) is 6. The zero-order valence-corrected chi connectivity index (χ0v) is 22.2. The van der Waals surface area contributed by atoms with Crippen molar-refractivity contribution in [2.45, 2.75) is 32.9 Å². The van der Waals surface area contributed by atoms with E-state index < -0.39 is 11.6 Å². The highest BCUT2D eigenvalue weighted by Gasteiger charge is 2.11. The first-order valence-electron chi connectivity index (χ1n) is 12.9. The molecule has 0 unspecified atom stereocenters. The molecule has 0 aliphatic rings. The van der Waals surface area contributed by atoms with Crippen molar-refractivity contribution in [3.63, 3.8) is 0 Å². The van der Waals surface area contributed by atoms with E-state index in [1.165, 1.54) is 10.9 Å². The van der Waals surface area contributed by atoms with Crippen LogP contribution in [0.3, 0.4) is 0 Å². The Morgan fingerprint density at radius 3 is 1.98 bits per heavy atom. The van der Waals surface area contributed by atoms with Crippen molar-refractivity contribution in [1.82, 2.24) is 40.0 Å². The third-order valence-corrected chi connectivity index (χ3v) is 5.67. The van der Waals surface area contributed by atoms with E-state index in [-0.39, 0.29) is 5.52 Å². The van der Waals surface area contributed by atoms with Crippen LogP contribution >= 0.6 is 0 Å². The lowest BCUT2D eigenvalue weighted by Gasteiger charge is -1.93. The van der Waals surface area contributed by atoms with Gasteiger partial charge in [0.25, 0.3) is 0 Å². The number of halogens is 2. The van der Waals surface area contributed by atoms with Gasteiger partial charge in [-0.25, -0.2) is 18.7 Å². The monoisotopic (exact) mass is 546 g/mol. The Labute approximate surface area is 235 Å². The van der Waals surface area contributed by atoms with E-state index in [4.69, 9.17) is 0 Å². The predicted molar refractivity (Wildman–Crippen MR) is 151 cm³/mol. The highest BCUT2D eigenvalue weighted by molar-refractivity contribution is 5.74.